The summed E-state index contributed by atoms with van der Waals surface area (Å²) in [6.07, 6.45) is 5.12. The Balaban J connectivity index is 2.90. The van der Waals surface area contributed by atoms with E-state index >= 15 is 0 Å². The van der Waals surface area contributed by atoms with Gasteiger partial charge in [0.1, 0.15) is 5.82 Å². The first kappa shape index (κ1) is 13.7. The second-order valence-corrected chi connectivity index (χ2v) is 3.66. The molecule has 0 amide bonds. The predicted molar refractivity (Wildman–Crippen MR) is 62.9 cm³/mol. The van der Waals surface area contributed by atoms with Crippen LogP contribution >= 0.6 is 0 Å². The fourth-order valence-electron chi connectivity index (χ4n) is 1.49. The van der Waals surface area contributed by atoms with E-state index in [0.717, 1.165) is 0 Å². The second-order valence-electron chi connectivity index (χ2n) is 3.66. The molecule has 0 aromatic heterocycles. The van der Waals surface area contributed by atoms with Gasteiger partial charge in [0.05, 0.1) is 24.7 Å². The van der Waals surface area contributed by atoms with Gasteiger partial charge in [-0.25, -0.2) is 4.39 Å². The van der Waals surface area contributed by atoms with Crippen LogP contribution in [-0.4, -0.2) is 29.1 Å². The number of rotatable bonds is 5. The fourth-order valence-corrected chi connectivity index (χ4v) is 1.49. The number of terminal acetylenes is 1. The lowest BCUT2D eigenvalue weighted by Gasteiger charge is -2.17. The minimum absolute atomic E-state index is 0.0534. The van der Waals surface area contributed by atoms with Crippen molar-refractivity contribution in [3.63, 3.8) is 0 Å². The summed E-state index contributed by atoms with van der Waals surface area (Å²) in [5.74, 6) is 0.792. The zero-order valence-electron chi connectivity index (χ0n) is 9.56. The summed E-state index contributed by atoms with van der Waals surface area (Å²) < 4.78 is 13.5. The third-order valence-electron chi connectivity index (χ3n) is 2.24. The summed E-state index contributed by atoms with van der Waals surface area (Å²) in [6.45, 7) is -0.124. The Morgan fingerprint density at radius 1 is 1.56 bits per heavy atom. The van der Waals surface area contributed by atoms with Crippen LogP contribution in [0, 0.1) is 29.5 Å². The Hall–Kier alpha value is -2.37. The van der Waals surface area contributed by atoms with Gasteiger partial charge in [0.2, 0.25) is 0 Å². The topological polar surface area (TPSA) is 64.3 Å². The molecule has 0 saturated carbocycles. The summed E-state index contributed by atoms with van der Waals surface area (Å²) in [5, 5.41) is 17.4. The first-order valence-corrected chi connectivity index (χ1v) is 5.13. The van der Waals surface area contributed by atoms with Crippen LogP contribution in [0.15, 0.2) is 18.2 Å². The molecule has 0 aliphatic heterocycles. The lowest BCUT2D eigenvalue weighted by molar-refractivity contribution is -0.138. The van der Waals surface area contributed by atoms with E-state index in [1.54, 1.807) is 0 Å². The SMILES string of the molecule is C#CCN(CC(=O)O)Cc1cc(C#N)ccc1F. The van der Waals surface area contributed by atoms with Crippen molar-refractivity contribution in [3.05, 3.63) is 35.1 Å². The number of carboxylic acid groups (broad SMARTS) is 1. The highest BCUT2D eigenvalue weighted by molar-refractivity contribution is 5.69. The summed E-state index contributed by atoms with van der Waals surface area (Å²) in [5.41, 5.74) is 0.577. The van der Waals surface area contributed by atoms with Gasteiger partial charge in [-0.1, -0.05) is 5.92 Å². The van der Waals surface area contributed by atoms with Gasteiger partial charge < -0.3 is 5.11 Å². The van der Waals surface area contributed by atoms with E-state index in [-0.39, 0.29) is 25.2 Å². The number of halogens is 1. The van der Waals surface area contributed by atoms with Gasteiger partial charge >= 0.3 is 5.97 Å². The van der Waals surface area contributed by atoms with Crippen LogP contribution < -0.4 is 0 Å². The van der Waals surface area contributed by atoms with Crippen molar-refractivity contribution in [2.75, 3.05) is 13.1 Å². The second kappa shape index (κ2) is 6.39. The van der Waals surface area contributed by atoms with Crippen molar-refractivity contribution in [3.8, 4) is 18.4 Å². The quantitative estimate of drug-likeness (QED) is 0.793. The first-order chi connectivity index (χ1) is 8.56. The van der Waals surface area contributed by atoms with Crippen LogP contribution in [0.4, 0.5) is 4.39 Å². The van der Waals surface area contributed by atoms with Crippen LogP contribution in [0.25, 0.3) is 0 Å². The van der Waals surface area contributed by atoms with Crippen molar-refractivity contribution < 1.29 is 14.3 Å². The third kappa shape index (κ3) is 3.89. The maximum Gasteiger partial charge on any atom is 0.317 e. The summed E-state index contributed by atoms with van der Waals surface area (Å²) in [6, 6.07) is 5.83. The zero-order chi connectivity index (χ0) is 13.5. The van der Waals surface area contributed by atoms with Crippen LogP contribution in [0.2, 0.25) is 0 Å². The van der Waals surface area contributed by atoms with E-state index in [9.17, 15) is 9.18 Å². The molecular formula is C13H11FN2O2. The molecule has 0 fully saturated rings. The summed E-state index contributed by atoms with van der Waals surface area (Å²) in [7, 11) is 0. The molecule has 1 rings (SSSR count). The molecule has 0 bridgehead atoms. The van der Waals surface area contributed by atoms with Crippen LogP contribution in [0.3, 0.4) is 0 Å². The Morgan fingerprint density at radius 3 is 2.83 bits per heavy atom. The maximum absolute atomic E-state index is 13.5. The number of carbonyl (C=O) groups is 1. The zero-order valence-corrected chi connectivity index (χ0v) is 9.56. The molecule has 18 heavy (non-hydrogen) atoms. The highest BCUT2D eigenvalue weighted by Crippen LogP contribution is 2.12. The molecule has 0 aliphatic rings. The average Bonchev–Trinajstić information content (AvgIpc) is 2.31. The number of benzene rings is 1. The molecule has 0 atom stereocenters. The van der Waals surface area contributed by atoms with Crippen LogP contribution in [-0.2, 0) is 11.3 Å². The van der Waals surface area contributed by atoms with Gasteiger partial charge in [-0.3, -0.25) is 9.69 Å². The molecule has 1 N–H and O–H groups in total. The Kier molecular flexibility index (Phi) is 4.86. The lowest BCUT2D eigenvalue weighted by atomic mass is 10.1. The van der Waals surface area contributed by atoms with Crippen LogP contribution in [0.1, 0.15) is 11.1 Å². The number of nitriles is 1. The molecule has 0 unspecified atom stereocenters. The van der Waals surface area contributed by atoms with E-state index in [1.807, 2.05) is 6.07 Å². The Bertz CT molecular complexity index is 529. The first-order valence-electron chi connectivity index (χ1n) is 5.13. The predicted octanol–water partition coefficient (Wildman–Crippen LogP) is 1.22. The van der Waals surface area contributed by atoms with Crippen molar-refractivity contribution in [2.45, 2.75) is 6.54 Å². The summed E-state index contributed by atoms with van der Waals surface area (Å²) >= 11 is 0. The van der Waals surface area contributed by atoms with Gasteiger partial charge in [-0.15, -0.1) is 6.42 Å². The van der Waals surface area contributed by atoms with E-state index in [2.05, 4.69) is 5.92 Å². The van der Waals surface area contributed by atoms with E-state index in [0.29, 0.717) is 5.56 Å². The summed E-state index contributed by atoms with van der Waals surface area (Å²) in [4.78, 5) is 12.0. The smallest absolute Gasteiger partial charge is 0.317 e. The van der Waals surface area contributed by atoms with Crippen molar-refractivity contribution >= 4 is 5.97 Å². The standard InChI is InChI=1S/C13H11FN2O2/c1-2-5-16(9-13(17)18)8-11-6-10(7-15)3-4-12(11)14/h1,3-4,6H,5,8-9H2,(H,17,18). The third-order valence-corrected chi connectivity index (χ3v) is 2.24. The van der Waals surface area contributed by atoms with Gasteiger partial charge in [-0.05, 0) is 18.2 Å². The van der Waals surface area contributed by atoms with Crippen molar-refractivity contribution in [2.24, 2.45) is 0 Å². The van der Waals surface area contributed by atoms with E-state index in [4.69, 9.17) is 16.8 Å². The molecule has 0 heterocycles. The highest BCUT2D eigenvalue weighted by Gasteiger charge is 2.12. The number of hydrogen-bond acceptors (Lipinski definition) is 3. The number of aliphatic carboxylic acids is 1. The molecule has 4 nitrogen and oxygen atoms in total. The molecule has 5 heteroatoms. The molecular weight excluding hydrogens is 235 g/mol. The van der Waals surface area contributed by atoms with Crippen molar-refractivity contribution in [1.29, 1.82) is 5.26 Å². The van der Waals surface area contributed by atoms with Crippen LogP contribution in [0.5, 0.6) is 0 Å². The Morgan fingerprint density at radius 2 is 2.28 bits per heavy atom. The molecule has 92 valence electrons. The molecule has 0 saturated heterocycles. The maximum atomic E-state index is 13.5. The van der Waals surface area contributed by atoms with Gasteiger partial charge in [-0.2, -0.15) is 5.26 Å². The van der Waals surface area contributed by atoms with Gasteiger partial charge in [0.25, 0.3) is 0 Å². The minimum atomic E-state index is -1.04. The minimum Gasteiger partial charge on any atom is -0.480 e. The number of carboxylic acids is 1. The normalized spacial score (nSPS) is 9.78. The number of nitrogens with zero attached hydrogens (tertiary/aromatic N) is 2. The largest absolute Gasteiger partial charge is 0.480 e. The van der Waals surface area contributed by atoms with E-state index < -0.39 is 11.8 Å². The monoisotopic (exact) mass is 246 g/mol. The highest BCUT2D eigenvalue weighted by atomic mass is 19.1. The average molecular weight is 246 g/mol. The molecule has 1 aromatic rings. The molecule has 0 aliphatic carbocycles. The van der Waals surface area contributed by atoms with Crippen molar-refractivity contribution in [1.82, 2.24) is 4.90 Å². The lowest BCUT2D eigenvalue weighted by Crippen LogP contribution is -2.30. The van der Waals surface area contributed by atoms with E-state index in [1.165, 1.54) is 23.1 Å². The van der Waals surface area contributed by atoms with Gasteiger partial charge in [0, 0.05) is 12.1 Å². The number of hydrogen-bond donors (Lipinski definition) is 1. The Labute approximate surface area is 104 Å². The molecule has 0 radical (unpaired) electrons. The fraction of sp³-hybridized carbons (Fsp3) is 0.231. The van der Waals surface area contributed by atoms with Gasteiger partial charge in [0.15, 0.2) is 0 Å². The molecule has 1 aromatic carbocycles. The molecule has 0 spiro atoms.